The van der Waals surface area contributed by atoms with Gasteiger partial charge in [0.25, 0.3) is 0 Å². The van der Waals surface area contributed by atoms with Crippen molar-refractivity contribution in [2.24, 2.45) is 0 Å². The van der Waals surface area contributed by atoms with E-state index in [1.807, 2.05) is 50.2 Å². The van der Waals surface area contributed by atoms with Crippen molar-refractivity contribution in [3.05, 3.63) is 66.4 Å². The zero-order valence-electron chi connectivity index (χ0n) is 15.6. The maximum absolute atomic E-state index is 11.5. The highest BCUT2D eigenvalue weighted by molar-refractivity contribution is 5.95. The fourth-order valence-electron chi connectivity index (χ4n) is 2.47. The summed E-state index contributed by atoms with van der Waals surface area (Å²) in [5, 5.41) is 6.36. The number of hydrogen-bond donors (Lipinski definition) is 2. The number of Topliss-reactive ketones (excluding diaryl/α,β-unsaturated/α-hetero) is 1. The lowest BCUT2D eigenvalue weighted by Gasteiger charge is -2.11. The minimum atomic E-state index is 0.0218. The normalized spacial score (nSPS) is 10.5. The number of anilines is 4. The van der Waals surface area contributed by atoms with E-state index in [-0.39, 0.29) is 11.9 Å². The highest BCUT2D eigenvalue weighted by atomic mass is 16.5. The molecule has 0 atom stereocenters. The van der Waals surface area contributed by atoms with E-state index in [0.29, 0.717) is 17.3 Å². The van der Waals surface area contributed by atoms with E-state index < -0.39 is 0 Å². The van der Waals surface area contributed by atoms with Crippen LogP contribution in [-0.2, 0) is 0 Å². The lowest BCUT2D eigenvalue weighted by atomic mass is 10.1. The molecule has 0 aliphatic carbocycles. The Hall–Kier alpha value is -3.41. The number of rotatable bonds is 7. The fourth-order valence-corrected chi connectivity index (χ4v) is 2.47. The van der Waals surface area contributed by atoms with Gasteiger partial charge in [0.1, 0.15) is 11.6 Å². The predicted molar refractivity (Wildman–Crippen MR) is 107 cm³/mol. The van der Waals surface area contributed by atoms with Gasteiger partial charge < -0.3 is 15.4 Å². The van der Waals surface area contributed by atoms with Crippen molar-refractivity contribution in [1.29, 1.82) is 0 Å². The Kier molecular flexibility index (Phi) is 5.66. The molecule has 0 spiro atoms. The number of ketones is 1. The third kappa shape index (κ3) is 5.28. The molecule has 6 nitrogen and oxygen atoms in total. The second-order valence-electron chi connectivity index (χ2n) is 6.34. The van der Waals surface area contributed by atoms with Crippen molar-refractivity contribution in [1.82, 2.24) is 9.97 Å². The van der Waals surface area contributed by atoms with Gasteiger partial charge in [0.05, 0.1) is 6.10 Å². The number of ether oxygens (including phenoxy) is 1. The van der Waals surface area contributed by atoms with Gasteiger partial charge in [-0.05, 0) is 63.2 Å². The maximum atomic E-state index is 11.5. The summed E-state index contributed by atoms with van der Waals surface area (Å²) in [5.41, 5.74) is 2.31. The Morgan fingerprint density at radius 2 is 1.78 bits per heavy atom. The molecule has 3 aromatic rings. The standard InChI is InChI=1S/C21H22N4O2/c1-14(2)27-19-9-7-17(8-10-19)24-21-22-12-11-20(25-21)23-18-6-4-5-16(13-18)15(3)26/h4-14H,1-3H3,(H2,22,23,24,25). The van der Waals surface area contributed by atoms with Gasteiger partial charge in [-0.3, -0.25) is 4.79 Å². The lowest BCUT2D eigenvalue weighted by molar-refractivity contribution is 0.101. The molecule has 138 valence electrons. The Morgan fingerprint density at radius 1 is 1.00 bits per heavy atom. The smallest absolute Gasteiger partial charge is 0.229 e. The highest BCUT2D eigenvalue weighted by Gasteiger charge is 2.04. The summed E-state index contributed by atoms with van der Waals surface area (Å²) < 4.78 is 5.64. The fraction of sp³-hybridized carbons (Fsp3) is 0.190. The number of carbonyl (C=O) groups excluding carboxylic acids is 1. The SMILES string of the molecule is CC(=O)c1cccc(Nc2ccnc(Nc3ccc(OC(C)C)cc3)n2)c1. The number of hydrogen-bond acceptors (Lipinski definition) is 6. The number of nitrogens with one attached hydrogen (secondary N) is 2. The minimum Gasteiger partial charge on any atom is -0.491 e. The molecular formula is C21H22N4O2. The van der Waals surface area contributed by atoms with Crippen molar-refractivity contribution in [2.45, 2.75) is 26.9 Å². The van der Waals surface area contributed by atoms with Gasteiger partial charge in [0, 0.05) is 23.1 Å². The van der Waals surface area contributed by atoms with Gasteiger partial charge in [-0.15, -0.1) is 0 Å². The monoisotopic (exact) mass is 362 g/mol. The van der Waals surface area contributed by atoms with Crippen LogP contribution in [0, 0.1) is 0 Å². The number of nitrogens with zero attached hydrogens (tertiary/aromatic N) is 2. The van der Waals surface area contributed by atoms with Gasteiger partial charge in [-0.2, -0.15) is 4.98 Å². The molecule has 0 unspecified atom stereocenters. The summed E-state index contributed by atoms with van der Waals surface area (Å²) in [6.07, 6.45) is 1.80. The lowest BCUT2D eigenvalue weighted by Crippen LogP contribution is -2.05. The largest absolute Gasteiger partial charge is 0.491 e. The number of benzene rings is 2. The van der Waals surface area contributed by atoms with Crippen LogP contribution in [0.25, 0.3) is 0 Å². The molecule has 2 N–H and O–H groups in total. The van der Waals surface area contributed by atoms with Crippen LogP contribution in [-0.4, -0.2) is 21.9 Å². The van der Waals surface area contributed by atoms with Crippen LogP contribution in [0.2, 0.25) is 0 Å². The van der Waals surface area contributed by atoms with Crippen LogP contribution < -0.4 is 15.4 Å². The molecule has 0 fully saturated rings. The van der Waals surface area contributed by atoms with Gasteiger partial charge in [0.2, 0.25) is 5.95 Å². The Bertz CT molecular complexity index is 923. The van der Waals surface area contributed by atoms with Crippen LogP contribution >= 0.6 is 0 Å². The summed E-state index contributed by atoms with van der Waals surface area (Å²) in [4.78, 5) is 20.2. The van der Waals surface area contributed by atoms with Crippen LogP contribution in [0.4, 0.5) is 23.1 Å². The van der Waals surface area contributed by atoms with Crippen LogP contribution in [0.15, 0.2) is 60.8 Å². The molecule has 6 heteroatoms. The third-order valence-electron chi connectivity index (χ3n) is 3.68. The van der Waals surface area contributed by atoms with E-state index in [1.54, 1.807) is 31.3 Å². The minimum absolute atomic E-state index is 0.0218. The van der Waals surface area contributed by atoms with Crippen LogP contribution in [0.3, 0.4) is 0 Å². The van der Waals surface area contributed by atoms with E-state index in [0.717, 1.165) is 17.1 Å². The summed E-state index contributed by atoms with van der Waals surface area (Å²) in [6.45, 7) is 5.53. The molecule has 3 rings (SSSR count). The van der Waals surface area contributed by atoms with Crippen LogP contribution in [0.1, 0.15) is 31.1 Å². The first-order valence-corrected chi connectivity index (χ1v) is 8.74. The van der Waals surface area contributed by atoms with Crippen LogP contribution in [0.5, 0.6) is 5.75 Å². The summed E-state index contributed by atoms with van der Waals surface area (Å²) in [7, 11) is 0. The average molecular weight is 362 g/mol. The Morgan fingerprint density at radius 3 is 2.48 bits per heavy atom. The zero-order valence-corrected chi connectivity index (χ0v) is 15.6. The topological polar surface area (TPSA) is 76.1 Å². The van der Waals surface area contributed by atoms with E-state index in [1.165, 1.54) is 0 Å². The summed E-state index contributed by atoms with van der Waals surface area (Å²) >= 11 is 0. The second kappa shape index (κ2) is 8.31. The maximum Gasteiger partial charge on any atom is 0.229 e. The van der Waals surface area contributed by atoms with E-state index in [4.69, 9.17) is 4.74 Å². The summed E-state index contributed by atoms with van der Waals surface area (Å²) in [6, 6.07) is 16.7. The van der Waals surface area contributed by atoms with Crippen molar-refractivity contribution in [3.8, 4) is 5.75 Å². The Labute approximate surface area is 158 Å². The second-order valence-corrected chi connectivity index (χ2v) is 6.34. The van der Waals surface area contributed by atoms with E-state index in [2.05, 4.69) is 20.6 Å². The molecule has 0 bridgehead atoms. The molecule has 1 heterocycles. The molecule has 2 aromatic carbocycles. The first kappa shape index (κ1) is 18.4. The van der Waals surface area contributed by atoms with E-state index >= 15 is 0 Å². The summed E-state index contributed by atoms with van der Waals surface area (Å²) in [5.74, 6) is 1.94. The van der Waals surface area contributed by atoms with Gasteiger partial charge >= 0.3 is 0 Å². The van der Waals surface area contributed by atoms with Crippen molar-refractivity contribution >= 4 is 28.9 Å². The first-order valence-electron chi connectivity index (χ1n) is 8.74. The average Bonchev–Trinajstić information content (AvgIpc) is 2.63. The molecule has 0 amide bonds. The quantitative estimate of drug-likeness (QED) is 0.579. The molecule has 0 radical (unpaired) electrons. The zero-order chi connectivity index (χ0) is 19.2. The molecule has 0 aliphatic heterocycles. The van der Waals surface area contributed by atoms with Crippen molar-refractivity contribution in [2.75, 3.05) is 10.6 Å². The van der Waals surface area contributed by atoms with Gasteiger partial charge in [-0.1, -0.05) is 12.1 Å². The molecule has 1 aromatic heterocycles. The molecule has 0 saturated heterocycles. The van der Waals surface area contributed by atoms with Gasteiger partial charge in [-0.25, -0.2) is 4.98 Å². The number of carbonyl (C=O) groups is 1. The highest BCUT2D eigenvalue weighted by Crippen LogP contribution is 2.21. The van der Waals surface area contributed by atoms with Crippen molar-refractivity contribution < 1.29 is 9.53 Å². The Balaban J connectivity index is 1.70. The van der Waals surface area contributed by atoms with E-state index in [9.17, 15) is 4.79 Å². The third-order valence-corrected chi connectivity index (χ3v) is 3.68. The predicted octanol–water partition coefficient (Wildman–Crippen LogP) is 4.95. The first-order chi connectivity index (χ1) is 13.0. The molecule has 27 heavy (non-hydrogen) atoms. The number of aromatic nitrogens is 2. The molecule has 0 saturated carbocycles. The molecule has 0 aliphatic rings. The van der Waals surface area contributed by atoms with Crippen molar-refractivity contribution in [3.63, 3.8) is 0 Å². The van der Waals surface area contributed by atoms with Gasteiger partial charge in [0.15, 0.2) is 5.78 Å². The molecular weight excluding hydrogens is 340 g/mol.